The van der Waals surface area contributed by atoms with Gasteiger partial charge in [0.1, 0.15) is 0 Å². The molecule has 0 heterocycles. The monoisotopic (exact) mass is 239 g/mol. The Bertz CT molecular complexity index is 273. The number of carbonyl (C=O) groups is 1. The normalized spacial score (nSPS) is 25.9. The summed E-state index contributed by atoms with van der Waals surface area (Å²) in [6.45, 7) is 5.65. The third-order valence-corrected chi connectivity index (χ3v) is 3.66. The second kappa shape index (κ2) is 7.49. The van der Waals surface area contributed by atoms with Crippen LogP contribution in [0, 0.1) is 11.8 Å². The molecule has 0 spiro atoms. The van der Waals surface area contributed by atoms with E-state index in [9.17, 15) is 4.79 Å². The lowest BCUT2D eigenvalue weighted by Gasteiger charge is -2.26. The van der Waals surface area contributed by atoms with Gasteiger partial charge in [0, 0.05) is 12.1 Å². The van der Waals surface area contributed by atoms with E-state index in [2.05, 4.69) is 12.2 Å². The van der Waals surface area contributed by atoms with Gasteiger partial charge in [0.05, 0.1) is 0 Å². The van der Waals surface area contributed by atoms with Gasteiger partial charge in [-0.2, -0.15) is 0 Å². The molecule has 0 aromatic rings. The Morgan fingerprint density at radius 1 is 1.47 bits per heavy atom. The molecule has 1 saturated carbocycles. The molecule has 2 N–H and O–H groups in total. The summed E-state index contributed by atoms with van der Waals surface area (Å²) in [5.41, 5.74) is 0.420. The molecule has 0 saturated heterocycles. The summed E-state index contributed by atoms with van der Waals surface area (Å²) in [5, 5.41) is 12.0. The van der Waals surface area contributed by atoms with Crippen molar-refractivity contribution in [2.75, 3.05) is 13.1 Å². The van der Waals surface area contributed by atoms with Crippen molar-refractivity contribution in [1.82, 2.24) is 5.32 Å². The molecule has 1 rings (SSSR count). The summed E-state index contributed by atoms with van der Waals surface area (Å²) in [6, 6.07) is 0. The van der Waals surface area contributed by atoms with Crippen LogP contribution in [0.5, 0.6) is 0 Å². The van der Waals surface area contributed by atoms with Crippen molar-refractivity contribution in [3.63, 3.8) is 0 Å². The molecule has 98 valence electrons. The molecule has 0 aliphatic heterocycles. The van der Waals surface area contributed by atoms with Crippen LogP contribution < -0.4 is 5.32 Å². The first-order valence-corrected chi connectivity index (χ1v) is 6.70. The van der Waals surface area contributed by atoms with Gasteiger partial charge in [-0.1, -0.05) is 32.3 Å². The van der Waals surface area contributed by atoms with E-state index in [0.717, 1.165) is 18.4 Å². The SMILES string of the molecule is C/C(=C/CNCCC1CCCC(C)C1)C(=O)O. The fourth-order valence-electron chi connectivity index (χ4n) is 2.54. The summed E-state index contributed by atoms with van der Waals surface area (Å²) >= 11 is 0. The first kappa shape index (κ1) is 14.2. The second-order valence-corrected chi connectivity index (χ2v) is 5.32. The molecule has 0 aromatic carbocycles. The Hall–Kier alpha value is -0.830. The van der Waals surface area contributed by atoms with E-state index >= 15 is 0 Å². The summed E-state index contributed by atoms with van der Waals surface area (Å²) in [5.74, 6) is 0.937. The maximum absolute atomic E-state index is 10.6. The van der Waals surface area contributed by atoms with E-state index in [1.807, 2.05) is 0 Å². The van der Waals surface area contributed by atoms with Gasteiger partial charge in [0.15, 0.2) is 0 Å². The second-order valence-electron chi connectivity index (χ2n) is 5.32. The van der Waals surface area contributed by atoms with Crippen LogP contribution in [-0.2, 0) is 4.79 Å². The first-order chi connectivity index (χ1) is 8.09. The molecular formula is C14H25NO2. The summed E-state index contributed by atoms with van der Waals surface area (Å²) in [4.78, 5) is 10.6. The van der Waals surface area contributed by atoms with Crippen molar-refractivity contribution in [3.05, 3.63) is 11.6 Å². The number of hydrogen-bond donors (Lipinski definition) is 2. The van der Waals surface area contributed by atoms with Gasteiger partial charge in [0.2, 0.25) is 0 Å². The number of nitrogens with one attached hydrogen (secondary N) is 1. The van der Waals surface area contributed by atoms with Crippen molar-refractivity contribution >= 4 is 5.97 Å². The summed E-state index contributed by atoms with van der Waals surface area (Å²) in [7, 11) is 0. The van der Waals surface area contributed by atoms with Gasteiger partial charge >= 0.3 is 5.97 Å². The van der Waals surface area contributed by atoms with Crippen LogP contribution in [0.25, 0.3) is 0 Å². The quantitative estimate of drug-likeness (QED) is 0.553. The molecule has 3 nitrogen and oxygen atoms in total. The highest BCUT2D eigenvalue weighted by molar-refractivity contribution is 5.85. The van der Waals surface area contributed by atoms with Crippen LogP contribution in [0.4, 0.5) is 0 Å². The number of hydrogen-bond acceptors (Lipinski definition) is 2. The number of carboxylic acids is 1. The van der Waals surface area contributed by atoms with Crippen molar-refractivity contribution < 1.29 is 9.90 Å². The maximum Gasteiger partial charge on any atom is 0.330 e. The van der Waals surface area contributed by atoms with Crippen molar-refractivity contribution in [2.45, 2.75) is 46.0 Å². The van der Waals surface area contributed by atoms with Gasteiger partial charge in [-0.05, 0) is 38.1 Å². The largest absolute Gasteiger partial charge is 0.478 e. The molecule has 3 heteroatoms. The fourth-order valence-corrected chi connectivity index (χ4v) is 2.54. The van der Waals surface area contributed by atoms with E-state index in [1.54, 1.807) is 13.0 Å². The lowest BCUT2D eigenvalue weighted by atomic mass is 9.81. The Labute approximate surface area is 104 Å². The molecule has 1 aliphatic carbocycles. The summed E-state index contributed by atoms with van der Waals surface area (Å²) < 4.78 is 0. The highest BCUT2D eigenvalue weighted by Gasteiger charge is 2.17. The molecular weight excluding hydrogens is 214 g/mol. The molecule has 1 fully saturated rings. The number of aliphatic carboxylic acids is 1. The molecule has 2 atom stereocenters. The smallest absolute Gasteiger partial charge is 0.330 e. The molecule has 0 radical (unpaired) electrons. The fraction of sp³-hybridized carbons (Fsp3) is 0.786. The van der Waals surface area contributed by atoms with Crippen LogP contribution in [0.3, 0.4) is 0 Å². The number of rotatable bonds is 6. The van der Waals surface area contributed by atoms with E-state index < -0.39 is 5.97 Å². The Kier molecular flexibility index (Phi) is 6.27. The zero-order valence-electron chi connectivity index (χ0n) is 11.0. The molecule has 0 amide bonds. The van der Waals surface area contributed by atoms with Crippen LogP contribution >= 0.6 is 0 Å². The highest BCUT2D eigenvalue weighted by Crippen LogP contribution is 2.30. The van der Waals surface area contributed by atoms with Gasteiger partial charge in [0.25, 0.3) is 0 Å². The van der Waals surface area contributed by atoms with Crippen LogP contribution in [0.2, 0.25) is 0 Å². The van der Waals surface area contributed by atoms with E-state index in [0.29, 0.717) is 12.1 Å². The molecule has 17 heavy (non-hydrogen) atoms. The molecule has 2 unspecified atom stereocenters. The third-order valence-electron chi connectivity index (χ3n) is 3.66. The van der Waals surface area contributed by atoms with Crippen molar-refractivity contribution in [1.29, 1.82) is 0 Å². The summed E-state index contributed by atoms with van der Waals surface area (Å²) in [6.07, 6.45) is 8.48. The minimum Gasteiger partial charge on any atom is -0.478 e. The minimum atomic E-state index is -0.826. The van der Waals surface area contributed by atoms with Crippen molar-refractivity contribution in [3.8, 4) is 0 Å². The van der Waals surface area contributed by atoms with Gasteiger partial charge < -0.3 is 10.4 Å². The van der Waals surface area contributed by atoms with Crippen LogP contribution in [-0.4, -0.2) is 24.2 Å². The van der Waals surface area contributed by atoms with Gasteiger partial charge in [-0.25, -0.2) is 4.79 Å². The van der Waals surface area contributed by atoms with E-state index in [4.69, 9.17) is 5.11 Å². The Morgan fingerprint density at radius 3 is 2.88 bits per heavy atom. The topological polar surface area (TPSA) is 49.3 Å². The zero-order valence-corrected chi connectivity index (χ0v) is 11.0. The maximum atomic E-state index is 10.6. The predicted molar refractivity (Wildman–Crippen MR) is 70.0 cm³/mol. The minimum absolute atomic E-state index is 0.420. The van der Waals surface area contributed by atoms with Gasteiger partial charge in [-0.15, -0.1) is 0 Å². The van der Waals surface area contributed by atoms with Crippen molar-refractivity contribution in [2.24, 2.45) is 11.8 Å². The highest BCUT2D eigenvalue weighted by atomic mass is 16.4. The van der Waals surface area contributed by atoms with E-state index in [1.165, 1.54) is 32.1 Å². The lowest BCUT2D eigenvalue weighted by molar-refractivity contribution is -0.132. The van der Waals surface area contributed by atoms with E-state index in [-0.39, 0.29) is 0 Å². The lowest BCUT2D eigenvalue weighted by Crippen LogP contribution is -2.21. The Morgan fingerprint density at radius 2 is 2.24 bits per heavy atom. The molecule has 0 bridgehead atoms. The van der Waals surface area contributed by atoms with Crippen LogP contribution in [0.1, 0.15) is 46.0 Å². The third kappa shape index (κ3) is 5.87. The zero-order chi connectivity index (χ0) is 12.7. The number of carboxylic acid groups (broad SMARTS) is 1. The Balaban J connectivity index is 2.08. The average Bonchev–Trinajstić information content (AvgIpc) is 2.28. The van der Waals surface area contributed by atoms with Crippen LogP contribution in [0.15, 0.2) is 11.6 Å². The standard InChI is InChI=1S/C14H25NO2/c1-11-4-3-5-13(10-11)7-9-15-8-6-12(2)14(16)17/h6,11,13,15H,3-5,7-10H2,1-2H3,(H,16,17)/b12-6-. The molecule has 0 aromatic heterocycles. The van der Waals surface area contributed by atoms with Gasteiger partial charge in [-0.3, -0.25) is 0 Å². The molecule has 1 aliphatic rings. The predicted octanol–water partition coefficient (Wildman–Crippen LogP) is 2.82. The first-order valence-electron chi connectivity index (χ1n) is 6.70. The average molecular weight is 239 g/mol.